The number of barbiturate groups is 1. The zero-order valence-electron chi connectivity index (χ0n) is 20.9. The van der Waals surface area contributed by atoms with Crippen LogP contribution in [0, 0.1) is 0 Å². The van der Waals surface area contributed by atoms with Crippen molar-refractivity contribution in [2.75, 3.05) is 9.80 Å². The molecule has 4 amide bonds. The van der Waals surface area contributed by atoms with Gasteiger partial charge in [0, 0.05) is 10.0 Å². The van der Waals surface area contributed by atoms with Crippen LogP contribution in [0.1, 0.15) is 21.5 Å². The number of imide groups is 2. The van der Waals surface area contributed by atoms with E-state index in [0.717, 1.165) is 15.4 Å². The molecule has 1 N–H and O–H groups in total. The van der Waals surface area contributed by atoms with Crippen LogP contribution in [0.5, 0.6) is 5.75 Å². The lowest BCUT2D eigenvalue weighted by atomic mass is 10.0. The number of urea groups is 1. The van der Waals surface area contributed by atoms with Crippen LogP contribution in [0.3, 0.4) is 0 Å². The Bertz CT molecular complexity index is 1570. The molecule has 0 aliphatic carbocycles. The Morgan fingerprint density at radius 3 is 1.85 bits per heavy atom. The molecule has 1 saturated heterocycles. The second kappa shape index (κ2) is 11.4. The number of benzene rings is 4. The van der Waals surface area contributed by atoms with E-state index in [0.29, 0.717) is 27.2 Å². The number of carbonyl (C=O) groups is 4. The first-order chi connectivity index (χ1) is 19.3. The standard InChI is InChI=1S/C31H21BrN2O6/c32-23-15-16-27(40-19-20-11-13-21(14-12-20)30(37)38)22(17-23)18-26-28(35)33(24-7-3-1-4-8-24)31(39)34(29(26)36)25-9-5-2-6-10-25/h1-18H,19H2,(H,37,38). The van der Waals surface area contributed by atoms with Gasteiger partial charge in [0.25, 0.3) is 11.8 Å². The number of carboxylic acid groups (broad SMARTS) is 1. The van der Waals surface area contributed by atoms with E-state index in [9.17, 15) is 19.2 Å². The largest absolute Gasteiger partial charge is 0.488 e. The smallest absolute Gasteiger partial charge is 0.343 e. The molecule has 0 radical (unpaired) electrons. The molecule has 0 bridgehead atoms. The lowest BCUT2D eigenvalue weighted by Crippen LogP contribution is -2.57. The van der Waals surface area contributed by atoms with E-state index in [4.69, 9.17) is 9.84 Å². The summed E-state index contributed by atoms with van der Waals surface area (Å²) < 4.78 is 6.69. The molecular weight excluding hydrogens is 576 g/mol. The van der Waals surface area contributed by atoms with Gasteiger partial charge in [-0.3, -0.25) is 9.59 Å². The number of hydrogen-bond donors (Lipinski definition) is 1. The van der Waals surface area contributed by atoms with Crippen molar-refractivity contribution in [3.63, 3.8) is 0 Å². The van der Waals surface area contributed by atoms with Crippen molar-refractivity contribution in [2.45, 2.75) is 6.61 Å². The molecule has 4 aromatic rings. The highest BCUT2D eigenvalue weighted by molar-refractivity contribution is 9.10. The van der Waals surface area contributed by atoms with E-state index in [2.05, 4.69) is 15.9 Å². The van der Waals surface area contributed by atoms with Crippen LogP contribution in [0.4, 0.5) is 16.2 Å². The van der Waals surface area contributed by atoms with Crippen LogP contribution < -0.4 is 14.5 Å². The molecule has 1 aliphatic rings. The van der Waals surface area contributed by atoms with E-state index >= 15 is 0 Å². The maximum absolute atomic E-state index is 13.7. The molecule has 40 heavy (non-hydrogen) atoms. The monoisotopic (exact) mass is 596 g/mol. The van der Waals surface area contributed by atoms with Crippen molar-refractivity contribution < 1.29 is 29.0 Å². The summed E-state index contributed by atoms with van der Waals surface area (Å²) in [6, 6.07) is 27.4. The van der Waals surface area contributed by atoms with Crippen LogP contribution in [0.25, 0.3) is 6.08 Å². The predicted molar refractivity (Wildman–Crippen MR) is 153 cm³/mol. The van der Waals surface area contributed by atoms with Crippen molar-refractivity contribution >= 4 is 57.2 Å². The van der Waals surface area contributed by atoms with Crippen molar-refractivity contribution in [1.29, 1.82) is 0 Å². The fourth-order valence-corrected chi connectivity index (χ4v) is 4.54. The number of rotatable bonds is 7. The molecule has 0 unspecified atom stereocenters. The van der Waals surface area contributed by atoms with Gasteiger partial charge in [-0.1, -0.05) is 64.5 Å². The van der Waals surface area contributed by atoms with Gasteiger partial charge in [-0.05, 0) is 66.2 Å². The summed E-state index contributed by atoms with van der Waals surface area (Å²) in [5.74, 6) is -2.16. The first kappa shape index (κ1) is 26.6. The van der Waals surface area contributed by atoms with Gasteiger partial charge in [0.1, 0.15) is 17.9 Å². The van der Waals surface area contributed by atoms with Crippen molar-refractivity contribution in [1.82, 2.24) is 0 Å². The third-order valence-corrected chi connectivity index (χ3v) is 6.64. The van der Waals surface area contributed by atoms with Gasteiger partial charge in [0.2, 0.25) is 0 Å². The lowest BCUT2D eigenvalue weighted by Gasteiger charge is -2.34. The number of hydrogen-bond acceptors (Lipinski definition) is 5. The van der Waals surface area contributed by atoms with E-state index < -0.39 is 23.8 Å². The Labute approximate surface area is 237 Å². The highest BCUT2D eigenvalue weighted by Gasteiger charge is 2.43. The van der Waals surface area contributed by atoms with Gasteiger partial charge < -0.3 is 9.84 Å². The van der Waals surface area contributed by atoms with Crippen molar-refractivity contribution in [3.05, 3.63) is 130 Å². The Balaban J connectivity index is 1.54. The molecule has 198 valence electrons. The number of carboxylic acids is 1. The molecule has 1 fully saturated rings. The molecule has 1 heterocycles. The number of ether oxygens (including phenoxy) is 1. The summed E-state index contributed by atoms with van der Waals surface area (Å²) in [5, 5.41) is 9.12. The summed E-state index contributed by atoms with van der Waals surface area (Å²) in [7, 11) is 0. The molecule has 4 aromatic carbocycles. The van der Waals surface area contributed by atoms with Crippen LogP contribution >= 0.6 is 15.9 Å². The average molecular weight is 597 g/mol. The van der Waals surface area contributed by atoms with Gasteiger partial charge in [-0.25, -0.2) is 19.4 Å². The third-order valence-electron chi connectivity index (χ3n) is 6.15. The summed E-state index contributed by atoms with van der Waals surface area (Å²) in [6.07, 6.45) is 1.41. The number of anilines is 2. The topological polar surface area (TPSA) is 104 Å². The summed E-state index contributed by atoms with van der Waals surface area (Å²) >= 11 is 3.43. The molecule has 5 rings (SSSR count). The lowest BCUT2D eigenvalue weighted by molar-refractivity contribution is -0.121. The number of carbonyl (C=O) groups excluding carboxylic acids is 3. The highest BCUT2D eigenvalue weighted by atomic mass is 79.9. The predicted octanol–water partition coefficient (Wildman–Crippen LogP) is 6.31. The van der Waals surface area contributed by atoms with E-state index in [1.54, 1.807) is 91.0 Å². The maximum Gasteiger partial charge on any atom is 0.343 e. The molecule has 1 aliphatic heterocycles. The number of para-hydroxylation sites is 2. The Morgan fingerprint density at radius 1 is 0.775 bits per heavy atom. The normalized spacial score (nSPS) is 13.4. The van der Waals surface area contributed by atoms with E-state index in [1.807, 2.05) is 0 Å². The van der Waals surface area contributed by atoms with Crippen LogP contribution in [-0.2, 0) is 16.2 Å². The van der Waals surface area contributed by atoms with Gasteiger partial charge in [0.15, 0.2) is 0 Å². The fraction of sp³-hybridized carbons (Fsp3) is 0.0323. The molecule has 0 aromatic heterocycles. The summed E-state index contributed by atoms with van der Waals surface area (Å²) in [5.41, 5.74) is 1.75. The highest BCUT2D eigenvalue weighted by Crippen LogP contribution is 2.32. The minimum absolute atomic E-state index is 0.115. The zero-order chi connectivity index (χ0) is 28.2. The molecule has 9 heteroatoms. The van der Waals surface area contributed by atoms with Gasteiger partial charge in [-0.2, -0.15) is 0 Å². The van der Waals surface area contributed by atoms with Crippen molar-refractivity contribution in [2.24, 2.45) is 0 Å². The molecular formula is C31H21BrN2O6. The third kappa shape index (κ3) is 5.41. The molecule has 8 nitrogen and oxygen atoms in total. The number of nitrogens with zero attached hydrogens (tertiary/aromatic N) is 2. The summed E-state index contributed by atoms with van der Waals surface area (Å²) in [6.45, 7) is 0.115. The first-order valence-electron chi connectivity index (χ1n) is 12.1. The van der Waals surface area contributed by atoms with Crippen LogP contribution in [-0.4, -0.2) is 28.9 Å². The fourth-order valence-electron chi connectivity index (χ4n) is 4.16. The summed E-state index contributed by atoms with van der Waals surface area (Å²) in [4.78, 5) is 53.9. The zero-order valence-corrected chi connectivity index (χ0v) is 22.4. The van der Waals surface area contributed by atoms with Crippen molar-refractivity contribution in [3.8, 4) is 5.75 Å². The van der Waals surface area contributed by atoms with Gasteiger partial charge in [-0.15, -0.1) is 0 Å². The second-order valence-corrected chi connectivity index (χ2v) is 9.68. The Hall–Kier alpha value is -5.02. The first-order valence-corrected chi connectivity index (χ1v) is 12.9. The molecule has 0 spiro atoms. The quantitative estimate of drug-likeness (QED) is 0.198. The van der Waals surface area contributed by atoms with Gasteiger partial charge >= 0.3 is 12.0 Å². The average Bonchev–Trinajstić information content (AvgIpc) is 2.96. The van der Waals surface area contributed by atoms with Gasteiger partial charge in [0.05, 0.1) is 16.9 Å². The Morgan fingerprint density at radius 2 is 1.32 bits per heavy atom. The molecule has 0 atom stereocenters. The number of aromatic carboxylic acids is 1. The SMILES string of the molecule is O=C(O)c1ccc(COc2ccc(Br)cc2C=C2C(=O)N(c3ccccc3)C(=O)N(c3ccccc3)C2=O)cc1. The maximum atomic E-state index is 13.7. The number of halogens is 1. The van der Waals surface area contributed by atoms with E-state index in [-0.39, 0.29) is 17.7 Å². The minimum Gasteiger partial charge on any atom is -0.488 e. The Kier molecular flexibility index (Phi) is 7.56. The minimum atomic E-state index is -1.02. The van der Waals surface area contributed by atoms with Crippen LogP contribution in [0.15, 0.2) is 113 Å². The number of amides is 4. The second-order valence-electron chi connectivity index (χ2n) is 8.77. The van der Waals surface area contributed by atoms with Crippen LogP contribution in [0.2, 0.25) is 0 Å². The van der Waals surface area contributed by atoms with E-state index in [1.165, 1.54) is 18.2 Å². The molecule has 0 saturated carbocycles.